The Morgan fingerprint density at radius 2 is 2.27 bits per heavy atom. The molecule has 5 heteroatoms. The Morgan fingerprint density at radius 1 is 1.60 bits per heavy atom. The van der Waals surface area contributed by atoms with E-state index < -0.39 is 5.60 Å². The van der Waals surface area contributed by atoms with E-state index in [4.69, 9.17) is 21.1 Å². The summed E-state index contributed by atoms with van der Waals surface area (Å²) >= 11 is 5.68. The fourth-order valence-corrected chi connectivity index (χ4v) is 1.49. The topological polar surface area (TPSA) is 38.8 Å². The summed E-state index contributed by atoms with van der Waals surface area (Å²) in [5.41, 5.74) is -0.453. The van der Waals surface area contributed by atoms with Crippen LogP contribution >= 0.6 is 11.6 Å². The van der Waals surface area contributed by atoms with Crippen LogP contribution in [0.15, 0.2) is 0 Å². The number of carbonyl (C=O) groups excluding carboxylic acids is 1. The van der Waals surface area contributed by atoms with Crippen molar-refractivity contribution in [2.75, 3.05) is 25.6 Å². The quantitative estimate of drug-likeness (QED) is 0.652. The van der Waals surface area contributed by atoms with Gasteiger partial charge in [-0.3, -0.25) is 0 Å². The van der Waals surface area contributed by atoms with E-state index in [1.165, 1.54) is 0 Å². The van der Waals surface area contributed by atoms with E-state index >= 15 is 0 Å². The van der Waals surface area contributed by atoms with E-state index in [1.807, 2.05) is 20.8 Å². The maximum atomic E-state index is 11.7. The third kappa shape index (κ3) is 4.26. The molecule has 0 aromatic heterocycles. The minimum atomic E-state index is -0.453. The molecule has 0 spiro atoms. The van der Waals surface area contributed by atoms with Gasteiger partial charge in [-0.1, -0.05) is 0 Å². The van der Waals surface area contributed by atoms with Crippen molar-refractivity contribution < 1.29 is 14.3 Å². The van der Waals surface area contributed by atoms with Gasteiger partial charge in [0.15, 0.2) is 0 Å². The normalized spacial score (nSPS) is 22.7. The molecule has 1 rings (SSSR count). The predicted octanol–water partition coefficient (Wildman–Crippen LogP) is 1.86. The molecular weight excluding hydrogens is 218 g/mol. The first-order chi connectivity index (χ1) is 6.92. The van der Waals surface area contributed by atoms with E-state index in [0.29, 0.717) is 25.6 Å². The summed E-state index contributed by atoms with van der Waals surface area (Å²) in [5.74, 6) is 0.402. The van der Waals surface area contributed by atoms with Crippen molar-refractivity contribution >= 4 is 17.7 Å². The number of rotatable bonds is 1. The van der Waals surface area contributed by atoms with Gasteiger partial charge in [0.2, 0.25) is 0 Å². The minimum Gasteiger partial charge on any atom is -0.444 e. The smallest absolute Gasteiger partial charge is 0.410 e. The van der Waals surface area contributed by atoms with Gasteiger partial charge in [-0.2, -0.15) is 0 Å². The number of morpholine rings is 1. The predicted molar refractivity (Wildman–Crippen MR) is 58.3 cm³/mol. The minimum absolute atomic E-state index is 0.0760. The van der Waals surface area contributed by atoms with Crippen molar-refractivity contribution in [2.24, 2.45) is 0 Å². The highest BCUT2D eigenvalue weighted by molar-refractivity contribution is 6.18. The van der Waals surface area contributed by atoms with Crippen molar-refractivity contribution in [1.82, 2.24) is 4.90 Å². The summed E-state index contributed by atoms with van der Waals surface area (Å²) in [7, 11) is 0. The Hall–Kier alpha value is -0.480. The number of hydrogen-bond acceptors (Lipinski definition) is 3. The molecule has 0 radical (unpaired) electrons. The van der Waals surface area contributed by atoms with Crippen molar-refractivity contribution in [3.05, 3.63) is 0 Å². The Labute approximate surface area is 95.5 Å². The zero-order valence-electron chi connectivity index (χ0n) is 9.46. The summed E-state index contributed by atoms with van der Waals surface area (Å²) in [4.78, 5) is 13.3. The molecule has 0 N–H and O–H groups in total. The fraction of sp³-hybridized carbons (Fsp3) is 0.900. The SMILES string of the molecule is CC(C)(C)OC(=O)N1CCO[C@@H](CCl)C1. The van der Waals surface area contributed by atoms with E-state index in [9.17, 15) is 4.79 Å². The Balaban J connectivity index is 2.45. The molecule has 15 heavy (non-hydrogen) atoms. The van der Waals surface area contributed by atoms with Gasteiger partial charge in [0.05, 0.1) is 25.1 Å². The summed E-state index contributed by atoms with van der Waals surface area (Å²) < 4.78 is 10.6. The maximum absolute atomic E-state index is 11.7. The highest BCUT2D eigenvalue weighted by atomic mass is 35.5. The molecule has 0 saturated carbocycles. The van der Waals surface area contributed by atoms with Crippen LogP contribution in [-0.4, -0.2) is 48.3 Å². The summed E-state index contributed by atoms with van der Waals surface area (Å²) in [6.07, 6.45) is -0.367. The summed E-state index contributed by atoms with van der Waals surface area (Å²) in [5, 5.41) is 0. The average molecular weight is 236 g/mol. The lowest BCUT2D eigenvalue weighted by atomic mass is 10.2. The van der Waals surface area contributed by atoms with Gasteiger partial charge >= 0.3 is 6.09 Å². The van der Waals surface area contributed by atoms with Crippen LogP contribution in [0.3, 0.4) is 0 Å². The second kappa shape index (κ2) is 5.03. The molecule has 0 bridgehead atoms. The van der Waals surface area contributed by atoms with E-state index in [0.717, 1.165) is 0 Å². The number of ether oxygens (including phenoxy) is 2. The lowest BCUT2D eigenvalue weighted by Gasteiger charge is -2.33. The molecule has 1 aliphatic rings. The zero-order chi connectivity index (χ0) is 11.5. The van der Waals surface area contributed by atoms with Crippen LogP contribution in [0.25, 0.3) is 0 Å². The molecule has 0 unspecified atom stereocenters. The second-order valence-electron chi connectivity index (χ2n) is 4.57. The van der Waals surface area contributed by atoms with Gasteiger partial charge in [-0.15, -0.1) is 11.6 Å². The molecule has 1 atom stereocenters. The van der Waals surface area contributed by atoms with Crippen LogP contribution < -0.4 is 0 Å². The van der Waals surface area contributed by atoms with Gasteiger partial charge in [-0.05, 0) is 20.8 Å². The van der Waals surface area contributed by atoms with Crippen LogP contribution in [0, 0.1) is 0 Å². The number of halogens is 1. The monoisotopic (exact) mass is 235 g/mol. The summed E-state index contributed by atoms with van der Waals surface area (Å²) in [6, 6.07) is 0. The lowest BCUT2D eigenvalue weighted by molar-refractivity contribution is -0.0341. The molecule has 4 nitrogen and oxygen atoms in total. The fourth-order valence-electron chi connectivity index (χ4n) is 1.31. The van der Waals surface area contributed by atoms with Crippen LogP contribution in [0.2, 0.25) is 0 Å². The molecule has 1 heterocycles. The molecule has 0 aliphatic carbocycles. The van der Waals surface area contributed by atoms with Gasteiger partial charge < -0.3 is 14.4 Å². The van der Waals surface area contributed by atoms with Crippen molar-refractivity contribution in [1.29, 1.82) is 0 Å². The van der Waals surface area contributed by atoms with Gasteiger partial charge in [-0.25, -0.2) is 4.79 Å². The lowest BCUT2D eigenvalue weighted by Crippen LogP contribution is -2.48. The third-order valence-corrected chi connectivity index (χ3v) is 2.31. The zero-order valence-corrected chi connectivity index (χ0v) is 10.2. The molecular formula is C10H18ClNO3. The largest absolute Gasteiger partial charge is 0.444 e. The molecule has 1 amide bonds. The van der Waals surface area contributed by atoms with Crippen molar-refractivity contribution in [2.45, 2.75) is 32.5 Å². The standard InChI is InChI=1S/C10H18ClNO3/c1-10(2,3)15-9(13)12-4-5-14-8(6-11)7-12/h8H,4-7H2,1-3H3/t8-/m0/s1. The average Bonchev–Trinajstić information content (AvgIpc) is 2.15. The van der Waals surface area contributed by atoms with Crippen LogP contribution in [-0.2, 0) is 9.47 Å². The molecule has 1 fully saturated rings. The highest BCUT2D eigenvalue weighted by Gasteiger charge is 2.27. The number of alkyl halides is 1. The second-order valence-corrected chi connectivity index (χ2v) is 4.88. The van der Waals surface area contributed by atoms with Crippen molar-refractivity contribution in [3.63, 3.8) is 0 Å². The van der Waals surface area contributed by atoms with Crippen molar-refractivity contribution in [3.8, 4) is 0 Å². The first kappa shape index (κ1) is 12.6. The van der Waals surface area contributed by atoms with E-state index in [1.54, 1.807) is 4.90 Å². The molecule has 1 aliphatic heterocycles. The summed E-state index contributed by atoms with van der Waals surface area (Å²) in [6.45, 7) is 7.16. The van der Waals surface area contributed by atoms with Crippen LogP contribution in [0.5, 0.6) is 0 Å². The molecule has 0 aromatic rings. The number of amides is 1. The molecule has 1 saturated heterocycles. The Kier molecular flexibility index (Phi) is 4.22. The highest BCUT2D eigenvalue weighted by Crippen LogP contribution is 2.13. The maximum Gasteiger partial charge on any atom is 0.410 e. The van der Waals surface area contributed by atoms with E-state index in [2.05, 4.69) is 0 Å². The number of hydrogen-bond donors (Lipinski definition) is 0. The Bertz CT molecular complexity index is 227. The first-order valence-electron chi connectivity index (χ1n) is 5.08. The number of nitrogens with zero attached hydrogens (tertiary/aromatic N) is 1. The third-order valence-electron chi connectivity index (χ3n) is 1.96. The van der Waals surface area contributed by atoms with Crippen LogP contribution in [0.4, 0.5) is 4.79 Å². The first-order valence-corrected chi connectivity index (χ1v) is 5.61. The Morgan fingerprint density at radius 3 is 2.80 bits per heavy atom. The van der Waals surface area contributed by atoms with Gasteiger partial charge in [0, 0.05) is 6.54 Å². The van der Waals surface area contributed by atoms with E-state index in [-0.39, 0.29) is 12.2 Å². The van der Waals surface area contributed by atoms with Gasteiger partial charge in [0.1, 0.15) is 5.60 Å². The molecule has 88 valence electrons. The molecule has 0 aromatic carbocycles. The van der Waals surface area contributed by atoms with Gasteiger partial charge in [0.25, 0.3) is 0 Å². The number of carbonyl (C=O) groups is 1. The van der Waals surface area contributed by atoms with Crippen LogP contribution in [0.1, 0.15) is 20.8 Å².